The van der Waals surface area contributed by atoms with E-state index in [1.165, 1.54) is 27.7 Å². The maximum absolute atomic E-state index is 12.3. The summed E-state index contributed by atoms with van der Waals surface area (Å²) in [5, 5.41) is 18.6. The van der Waals surface area contributed by atoms with Crippen molar-refractivity contribution in [1.82, 2.24) is 21.3 Å². The van der Waals surface area contributed by atoms with Crippen LogP contribution in [0.2, 0.25) is 0 Å². The molecular formula is C16H28N4O6. The van der Waals surface area contributed by atoms with Crippen molar-refractivity contribution < 1.29 is 29.1 Å². The largest absolute Gasteiger partial charge is 0.480 e. The van der Waals surface area contributed by atoms with Crippen LogP contribution in [0.15, 0.2) is 0 Å². The van der Waals surface area contributed by atoms with Gasteiger partial charge in [-0.3, -0.25) is 24.0 Å². The summed E-state index contributed by atoms with van der Waals surface area (Å²) in [5.41, 5.74) is 0. The average molecular weight is 372 g/mol. The van der Waals surface area contributed by atoms with E-state index >= 15 is 0 Å². The average Bonchev–Trinajstić information content (AvgIpc) is 2.52. The molecule has 0 saturated carbocycles. The summed E-state index contributed by atoms with van der Waals surface area (Å²) in [6.07, 6.45) is 1.55. The summed E-state index contributed by atoms with van der Waals surface area (Å²) in [6.45, 7) is 5.89. The van der Waals surface area contributed by atoms with Crippen LogP contribution in [0.4, 0.5) is 0 Å². The lowest BCUT2D eigenvalue weighted by Crippen LogP contribution is -2.54. The minimum absolute atomic E-state index is 0.142. The fourth-order valence-electron chi connectivity index (χ4n) is 2.03. The van der Waals surface area contributed by atoms with Crippen molar-refractivity contribution >= 4 is 29.6 Å². The summed E-state index contributed by atoms with van der Waals surface area (Å²) in [4.78, 5) is 57.0. The molecule has 0 spiro atoms. The molecule has 10 heteroatoms. The predicted molar refractivity (Wildman–Crippen MR) is 93.0 cm³/mol. The molecule has 10 nitrogen and oxygen atoms in total. The summed E-state index contributed by atoms with van der Waals surface area (Å²) in [7, 11) is 0. The maximum Gasteiger partial charge on any atom is 0.325 e. The van der Waals surface area contributed by atoms with Crippen LogP contribution < -0.4 is 21.3 Å². The Kier molecular flexibility index (Phi) is 10.6. The Morgan fingerprint density at radius 2 is 1.38 bits per heavy atom. The summed E-state index contributed by atoms with van der Waals surface area (Å²) < 4.78 is 0. The number of hydrogen-bond donors (Lipinski definition) is 5. The number of carbonyl (C=O) groups is 5. The zero-order valence-corrected chi connectivity index (χ0v) is 15.5. The standard InChI is InChI=1S/C16H28N4O6/c1-9(14(23)19-10(2)16(25)26)18-15(24)13(20-12(4)22)7-5-6-8-17-11(3)21/h9-10,13H,5-8H2,1-4H3,(H,17,21)(H,18,24)(H,19,23)(H,20,22)(H,25,26)/t9-,10+,13-/m1/s1. The van der Waals surface area contributed by atoms with Crippen LogP contribution in [0.3, 0.4) is 0 Å². The lowest BCUT2D eigenvalue weighted by atomic mass is 10.1. The molecule has 0 rings (SSSR count). The second-order valence-corrected chi connectivity index (χ2v) is 6.03. The Balaban J connectivity index is 4.56. The number of nitrogens with one attached hydrogen (secondary N) is 4. The van der Waals surface area contributed by atoms with Gasteiger partial charge in [0.25, 0.3) is 0 Å². The quantitative estimate of drug-likeness (QED) is 0.290. The minimum Gasteiger partial charge on any atom is -0.480 e. The van der Waals surface area contributed by atoms with Crippen molar-refractivity contribution in [2.24, 2.45) is 0 Å². The molecule has 148 valence electrons. The predicted octanol–water partition coefficient (Wildman–Crippen LogP) is -1.11. The van der Waals surface area contributed by atoms with Gasteiger partial charge in [0.05, 0.1) is 0 Å². The van der Waals surface area contributed by atoms with Crippen LogP contribution >= 0.6 is 0 Å². The highest BCUT2D eigenvalue weighted by atomic mass is 16.4. The number of carboxylic acid groups (broad SMARTS) is 1. The van der Waals surface area contributed by atoms with Gasteiger partial charge in [-0.15, -0.1) is 0 Å². The highest BCUT2D eigenvalue weighted by Gasteiger charge is 2.24. The number of hydrogen-bond acceptors (Lipinski definition) is 5. The molecule has 0 aromatic carbocycles. The Bertz CT molecular complexity index is 537. The molecule has 0 saturated heterocycles. The van der Waals surface area contributed by atoms with E-state index in [-0.39, 0.29) is 11.8 Å². The smallest absolute Gasteiger partial charge is 0.325 e. The van der Waals surface area contributed by atoms with Gasteiger partial charge in [-0.05, 0) is 33.1 Å². The number of carbonyl (C=O) groups excluding carboxylic acids is 4. The highest BCUT2D eigenvalue weighted by molar-refractivity contribution is 5.92. The van der Waals surface area contributed by atoms with Crippen molar-refractivity contribution in [3.05, 3.63) is 0 Å². The van der Waals surface area contributed by atoms with Crippen molar-refractivity contribution in [1.29, 1.82) is 0 Å². The fourth-order valence-corrected chi connectivity index (χ4v) is 2.03. The molecule has 0 aliphatic rings. The van der Waals surface area contributed by atoms with E-state index in [2.05, 4.69) is 21.3 Å². The van der Waals surface area contributed by atoms with Crippen molar-refractivity contribution in [3.8, 4) is 0 Å². The van der Waals surface area contributed by atoms with Crippen molar-refractivity contribution in [2.75, 3.05) is 6.54 Å². The Morgan fingerprint density at radius 3 is 1.88 bits per heavy atom. The summed E-state index contributed by atoms with van der Waals surface area (Å²) in [6, 6.07) is -2.86. The third-order valence-electron chi connectivity index (χ3n) is 3.47. The van der Waals surface area contributed by atoms with E-state index in [1.54, 1.807) is 0 Å². The topological polar surface area (TPSA) is 154 Å². The molecular weight excluding hydrogens is 344 g/mol. The van der Waals surface area contributed by atoms with Crippen LogP contribution in [-0.2, 0) is 24.0 Å². The summed E-state index contributed by atoms with van der Waals surface area (Å²) in [5.74, 6) is -2.89. The van der Waals surface area contributed by atoms with Crippen LogP contribution in [-0.4, -0.2) is 59.4 Å². The third-order valence-corrected chi connectivity index (χ3v) is 3.47. The number of amides is 4. The lowest BCUT2D eigenvalue weighted by molar-refractivity contribution is -0.141. The normalized spacial score (nSPS) is 13.7. The first-order chi connectivity index (χ1) is 12.0. The van der Waals surface area contributed by atoms with Crippen molar-refractivity contribution in [3.63, 3.8) is 0 Å². The molecule has 0 aromatic heterocycles. The molecule has 4 amide bonds. The molecule has 0 unspecified atom stereocenters. The number of carboxylic acids is 1. The lowest BCUT2D eigenvalue weighted by Gasteiger charge is -2.21. The molecule has 0 aliphatic carbocycles. The van der Waals surface area contributed by atoms with Gasteiger partial charge in [-0.1, -0.05) is 0 Å². The zero-order valence-electron chi connectivity index (χ0n) is 15.5. The van der Waals surface area contributed by atoms with Gasteiger partial charge in [0.15, 0.2) is 0 Å². The van der Waals surface area contributed by atoms with Gasteiger partial charge >= 0.3 is 5.97 Å². The molecule has 26 heavy (non-hydrogen) atoms. The van der Waals surface area contributed by atoms with Gasteiger partial charge < -0.3 is 26.4 Å². The number of aliphatic carboxylic acids is 1. The molecule has 0 aliphatic heterocycles. The highest BCUT2D eigenvalue weighted by Crippen LogP contribution is 2.02. The monoisotopic (exact) mass is 372 g/mol. The van der Waals surface area contributed by atoms with Crippen molar-refractivity contribution in [2.45, 2.75) is 65.1 Å². The molecule has 5 N–H and O–H groups in total. The van der Waals surface area contributed by atoms with Crippen LogP contribution in [0, 0.1) is 0 Å². The molecule has 0 bridgehead atoms. The summed E-state index contributed by atoms with van der Waals surface area (Å²) >= 11 is 0. The molecule has 0 fully saturated rings. The van der Waals surface area contributed by atoms with Crippen LogP contribution in [0.1, 0.15) is 47.0 Å². The van der Waals surface area contributed by atoms with Gasteiger partial charge in [-0.2, -0.15) is 0 Å². The van der Waals surface area contributed by atoms with E-state index in [4.69, 9.17) is 5.11 Å². The molecule has 0 radical (unpaired) electrons. The van der Waals surface area contributed by atoms with Gasteiger partial charge in [0.2, 0.25) is 23.6 Å². The van der Waals surface area contributed by atoms with Gasteiger partial charge in [0.1, 0.15) is 18.1 Å². The second kappa shape index (κ2) is 11.8. The van der Waals surface area contributed by atoms with Crippen LogP contribution in [0.5, 0.6) is 0 Å². The first-order valence-electron chi connectivity index (χ1n) is 8.39. The fraction of sp³-hybridized carbons (Fsp3) is 0.688. The van der Waals surface area contributed by atoms with E-state index in [9.17, 15) is 24.0 Å². The van der Waals surface area contributed by atoms with E-state index in [1.807, 2.05) is 0 Å². The Hall–Kier alpha value is -2.65. The Labute approximate surface area is 152 Å². The first kappa shape index (κ1) is 23.4. The Morgan fingerprint density at radius 1 is 0.808 bits per heavy atom. The second-order valence-electron chi connectivity index (χ2n) is 6.03. The van der Waals surface area contributed by atoms with E-state index in [0.29, 0.717) is 25.8 Å². The molecule has 0 heterocycles. The van der Waals surface area contributed by atoms with Crippen LogP contribution in [0.25, 0.3) is 0 Å². The number of unbranched alkanes of at least 4 members (excludes halogenated alkanes) is 1. The minimum atomic E-state index is -1.19. The molecule has 3 atom stereocenters. The third kappa shape index (κ3) is 10.3. The van der Waals surface area contributed by atoms with E-state index in [0.717, 1.165) is 0 Å². The van der Waals surface area contributed by atoms with E-state index < -0.39 is 35.9 Å². The SMILES string of the molecule is CC(=O)NCCCC[C@@H](NC(C)=O)C(=O)N[C@H](C)C(=O)N[C@@H](C)C(=O)O. The van der Waals surface area contributed by atoms with Gasteiger partial charge in [-0.25, -0.2) is 0 Å². The first-order valence-corrected chi connectivity index (χ1v) is 8.39. The molecule has 0 aromatic rings. The van der Waals surface area contributed by atoms with Gasteiger partial charge in [0, 0.05) is 20.4 Å². The maximum atomic E-state index is 12.3. The number of rotatable bonds is 11. The zero-order chi connectivity index (χ0) is 20.3.